The molecule has 1 N–H and O–H groups in total. The highest BCUT2D eigenvalue weighted by Crippen LogP contribution is 2.20. The number of amides is 1. The molecule has 0 saturated heterocycles. The Hall–Kier alpha value is -1.82. The number of carbonyl (C=O) groups excluding carboxylic acids is 1. The van der Waals surface area contributed by atoms with E-state index in [1.54, 1.807) is 6.07 Å². The van der Waals surface area contributed by atoms with Crippen molar-refractivity contribution in [3.8, 4) is 0 Å². The third kappa shape index (κ3) is 3.39. The average molecular weight is 344 g/mol. The van der Waals surface area contributed by atoms with Gasteiger partial charge in [-0.25, -0.2) is 13.2 Å². The summed E-state index contributed by atoms with van der Waals surface area (Å²) < 4.78 is 40.8. The Bertz CT molecular complexity index is 641. The monoisotopic (exact) mass is 343 g/mol. The molecule has 2 nitrogen and oxygen atoms in total. The lowest BCUT2D eigenvalue weighted by Gasteiger charge is -2.08. The van der Waals surface area contributed by atoms with Crippen LogP contribution < -0.4 is 5.32 Å². The number of halogens is 4. The topological polar surface area (TPSA) is 29.1 Å². The first-order valence-electron chi connectivity index (χ1n) is 5.65. The second-order valence-corrected chi connectivity index (χ2v) is 4.97. The van der Waals surface area contributed by atoms with Gasteiger partial charge in [-0.2, -0.15) is 0 Å². The van der Waals surface area contributed by atoms with Gasteiger partial charge in [0.2, 0.25) is 5.91 Å². The van der Waals surface area contributed by atoms with Crippen molar-refractivity contribution < 1.29 is 18.0 Å². The molecule has 0 atom stereocenters. The van der Waals surface area contributed by atoms with E-state index in [-0.39, 0.29) is 11.3 Å². The molecular weight excluding hydrogens is 335 g/mol. The molecule has 0 aliphatic heterocycles. The van der Waals surface area contributed by atoms with Crippen LogP contribution in [-0.2, 0) is 11.2 Å². The first kappa shape index (κ1) is 14.6. The van der Waals surface area contributed by atoms with Crippen LogP contribution in [-0.4, -0.2) is 5.91 Å². The number of hydrogen-bond acceptors (Lipinski definition) is 1. The summed E-state index contributed by atoms with van der Waals surface area (Å²) in [5.74, 6) is -2.95. The van der Waals surface area contributed by atoms with E-state index in [9.17, 15) is 18.0 Å². The van der Waals surface area contributed by atoms with Crippen molar-refractivity contribution >= 4 is 27.5 Å². The summed E-state index contributed by atoms with van der Waals surface area (Å²) in [5, 5.41) is 2.27. The van der Waals surface area contributed by atoms with Crippen LogP contribution in [0.5, 0.6) is 0 Å². The van der Waals surface area contributed by atoms with Crippen LogP contribution in [0.2, 0.25) is 0 Å². The number of carbonyl (C=O) groups is 1. The van der Waals surface area contributed by atoms with E-state index in [2.05, 4.69) is 21.2 Å². The molecule has 0 bridgehead atoms. The Labute approximate surface area is 121 Å². The molecule has 0 heterocycles. The molecule has 0 spiro atoms. The van der Waals surface area contributed by atoms with Crippen molar-refractivity contribution in [2.75, 3.05) is 5.32 Å². The Kier molecular flexibility index (Phi) is 4.44. The van der Waals surface area contributed by atoms with Crippen molar-refractivity contribution in [2.45, 2.75) is 6.42 Å². The molecule has 20 heavy (non-hydrogen) atoms. The van der Waals surface area contributed by atoms with Gasteiger partial charge in [0.05, 0.1) is 12.1 Å². The molecule has 6 heteroatoms. The molecule has 0 aliphatic carbocycles. The molecule has 0 radical (unpaired) electrons. The lowest BCUT2D eigenvalue weighted by molar-refractivity contribution is -0.115. The van der Waals surface area contributed by atoms with Gasteiger partial charge in [0.25, 0.3) is 0 Å². The number of hydrogen-bond donors (Lipinski definition) is 1. The fourth-order valence-electron chi connectivity index (χ4n) is 1.65. The van der Waals surface area contributed by atoms with Crippen LogP contribution in [0.3, 0.4) is 0 Å². The standard InChI is InChI=1S/C14H9BrF3NO/c15-8-4-5-13(12(18)6-8)19-14(20)7-9-10(16)2-1-3-11(9)17/h1-6H,7H2,(H,19,20). The Balaban J connectivity index is 2.13. The minimum Gasteiger partial charge on any atom is -0.323 e. The van der Waals surface area contributed by atoms with Gasteiger partial charge in [-0.15, -0.1) is 0 Å². The lowest BCUT2D eigenvalue weighted by atomic mass is 10.1. The van der Waals surface area contributed by atoms with Crippen LogP contribution >= 0.6 is 15.9 Å². The minimum atomic E-state index is -0.809. The predicted molar refractivity (Wildman–Crippen MR) is 72.8 cm³/mol. The smallest absolute Gasteiger partial charge is 0.229 e. The van der Waals surface area contributed by atoms with Gasteiger partial charge < -0.3 is 5.32 Å². The summed E-state index contributed by atoms with van der Waals surface area (Å²) in [6, 6.07) is 7.41. The summed E-state index contributed by atoms with van der Waals surface area (Å²) in [4.78, 5) is 11.7. The third-order valence-electron chi connectivity index (χ3n) is 2.60. The quantitative estimate of drug-likeness (QED) is 0.894. The van der Waals surface area contributed by atoms with Gasteiger partial charge in [0.15, 0.2) is 0 Å². The molecule has 0 saturated carbocycles. The fraction of sp³-hybridized carbons (Fsp3) is 0.0714. The van der Waals surface area contributed by atoms with Crippen LogP contribution in [0.1, 0.15) is 5.56 Å². The van der Waals surface area contributed by atoms with E-state index >= 15 is 0 Å². The first-order chi connectivity index (χ1) is 9.47. The largest absolute Gasteiger partial charge is 0.323 e. The zero-order valence-electron chi connectivity index (χ0n) is 10.1. The zero-order valence-corrected chi connectivity index (χ0v) is 11.7. The molecule has 0 aliphatic rings. The van der Waals surface area contributed by atoms with E-state index < -0.39 is 29.8 Å². The van der Waals surface area contributed by atoms with Crippen molar-refractivity contribution in [1.29, 1.82) is 0 Å². The highest BCUT2D eigenvalue weighted by Gasteiger charge is 2.14. The molecule has 0 fully saturated rings. The summed E-state index contributed by atoms with van der Waals surface area (Å²) in [7, 11) is 0. The highest BCUT2D eigenvalue weighted by molar-refractivity contribution is 9.10. The van der Waals surface area contributed by atoms with Gasteiger partial charge in [-0.1, -0.05) is 22.0 Å². The summed E-state index contributed by atoms with van der Waals surface area (Å²) in [6.45, 7) is 0. The van der Waals surface area contributed by atoms with Gasteiger partial charge in [-0.05, 0) is 30.3 Å². The summed E-state index contributed by atoms with van der Waals surface area (Å²) in [5.41, 5.74) is -0.391. The van der Waals surface area contributed by atoms with Crippen LogP contribution in [0.25, 0.3) is 0 Å². The van der Waals surface area contributed by atoms with Crippen molar-refractivity contribution in [1.82, 2.24) is 0 Å². The number of benzene rings is 2. The van der Waals surface area contributed by atoms with Gasteiger partial charge >= 0.3 is 0 Å². The highest BCUT2D eigenvalue weighted by atomic mass is 79.9. The van der Waals surface area contributed by atoms with Crippen LogP contribution in [0.4, 0.5) is 18.9 Å². The third-order valence-corrected chi connectivity index (χ3v) is 3.10. The maximum absolute atomic E-state index is 13.5. The average Bonchev–Trinajstić information content (AvgIpc) is 2.37. The van der Waals surface area contributed by atoms with Gasteiger partial charge in [0, 0.05) is 10.0 Å². The van der Waals surface area contributed by atoms with Crippen molar-refractivity contribution in [3.63, 3.8) is 0 Å². The maximum atomic E-state index is 13.5. The first-order valence-corrected chi connectivity index (χ1v) is 6.44. The van der Waals surface area contributed by atoms with Gasteiger partial charge in [0.1, 0.15) is 17.5 Å². The Morgan fingerprint density at radius 3 is 2.30 bits per heavy atom. The second-order valence-electron chi connectivity index (χ2n) is 4.05. The molecule has 0 aromatic heterocycles. The summed E-state index contributed by atoms with van der Waals surface area (Å²) in [6.07, 6.45) is -0.506. The number of nitrogens with one attached hydrogen (secondary N) is 1. The molecule has 2 rings (SSSR count). The molecular formula is C14H9BrF3NO. The number of anilines is 1. The molecule has 104 valence electrons. The lowest BCUT2D eigenvalue weighted by Crippen LogP contribution is -2.17. The van der Waals surface area contributed by atoms with Crippen LogP contribution in [0.15, 0.2) is 40.9 Å². The van der Waals surface area contributed by atoms with Gasteiger partial charge in [-0.3, -0.25) is 4.79 Å². The number of rotatable bonds is 3. The zero-order chi connectivity index (χ0) is 14.7. The molecule has 1 amide bonds. The Morgan fingerprint density at radius 1 is 1.05 bits per heavy atom. The van der Waals surface area contributed by atoms with E-state index in [0.29, 0.717) is 4.47 Å². The minimum absolute atomic E-state index is 0.0463. The van der Waals surface area contributed by atoms with Crippen LogP contribution in [0, 0.1) is 17.5 Å². The summed E-state index contributed by atoms with van der Waals surface area (Å²) >= 11 is 3.08. The van der Waals surface area contributed by atoms with Crippen molar-refractivity contribution in [2.24, 2.45) is 0 Å². The van der Waals surface area contributed by atoms with E-state index in [1.165, 1.54) is 18.2 Å². The fourth-order valence-corrected chi connectivity index (χ4v) is 1.98. The predicted octanol–water partition coefficient (Wildman–Crippen LogP) is 4.05. The van der Waals surface area contributed by atoms with E-state index in [4.69, 9.17) is 0 Å². The molecule has 2 aromatic rings. The molecule has 2 aromatic carbocycles. The Morgan fingerprint density at radius 2 is 1.70 bits per heavy atom. The van der Waals surface area contributed by atoms with E-state index in [1.807, 2.05) is 0 Å². The second kappa shape index (κ2) is 6.09. The SMILES string of the molecule is O=C(Cc1c(F)cccc1F)Nc1ccc(Br)cc1F. The van der Waals surface area contributed by atoms with E-state index in [0.717, 1.165) is 12.1 Å². The van der Waals surface area contributed by atoms with Crippen molar-refractivity contribution in [3.05, 3.63) is 63.9 Å². The maximum Gasteiger partial charge on any atom is 0.229 e. The molecule has 0 unspecified atom stereocenters. The normalized spacial score (nSPS) is 10.4.